The summed E-state index contributed by atoms with van der Waals surface area (Å²) in [5.41, 5.74) is 0. The molecule has 0 saturated heterocycles. The van der Waals surface area contributed by atoms with Crippen molar-refractivity contribution in [2.75, 3.05) is 6.61 Å². The molecule has 0 aromatic carbocycles. The van der Waals surface area contributed by atoms with Crippen LogP contribution in [0.2, 0.25) is 0 Å². The van der Waals surface area contributed by atoms with E-state index in [-0.39, 0.29) is 6.08 Å². The fourth-order valence-electron chi connectivity index (χ4n) is 0.795. The van der Waals surface area contributed by atoms with Crippen LogP contribution in [0, 0.1) is 0 Å². The van der Waals surface area contributed by atoms with Crippen molar-refractivity contribution in [3.8, 4) is 0 Å². The lowest BCUT2D eigenvalue weighted by molar-refractivity contribution is -0.442. The van der Waals surface area contributed by atoms with Crippen molar-refractivity contribution < 1.29 is 58.2 Å². The third-order valence-corrected chi connectivity index (χ3v) is 1.90. The van der Waals surface area contributed by atoms with Gasteiger partial charge in [0.15, 0.2) is 6.61 Å². The van der Waals surface area contributed by atoms with Crippen molar-refractivity contribution in [1.29, 1.82) is 0 Å². The number of halogens is 10. The SMILES string of the molecule is C=CC(=O)OCC(F)(F)C(F)(F)C(F)(F)OC(F)C(F)(F)F. The summed E-state index contributed by atoms with van der Waals surface area (Å²) in [5, 5.41) is 0. The molecular formula is C9H6F10O3. The van der Waals surface area contributed by atoms with Gasteiger partial charge in [-0.05, 0) is 0 Å². The number of esters is 1. The number of rotatable bonds is 7. The Morgan fingerprint density at radius 3 is 1.86 bits per heavy atom. The minimum atomic E-state index is -6.61. The van der Waals surface area contributed by atoms with Gasteiger partial charge >= 0.3 is 30.1 Å². The van der Waals surface area contributed by atoms with E-state index >= 15 is 0 Å². The second-order valence-electron chi connectivity index (χ2n) is 3.58. The van der Waals surface area contributed by atoms with E-state index in [2.05, 4.69) is 16.1 Å². The molecule has 0 aliphatic heterocycles. The number of carbonyl (C=O) groups excluding carboxylic acids is 1. The average molecular weight is 352 g/mol. The molecule has 0 spiro atoms. The van der Waals surface area contributed by atoms with Crippen LogP contribution in [0.1, 0.15) is 0 Å². The van der Waals surface area contributed by atoms with E-state index in [0.717, 1.165) is 0 Å². The summed E-state index contributed by atoms with van der Waals surface area (Å²) in [6.07, 6.45) is -17.4. The Bertz CT molecular complexity index is 416. The zero-order valence-corrected chi connectivity index (χ0v) is 10.1. The van der Waals surface area contributed by atoms with Crippen molar-refractivity contribution >= 4 is 5.97 Å². The smallest absolute Gasteiger partial charge is 0.445 e. The third kappa shape index (κ3) is 4.48. The molecule has 0 aromatic rings. The number of hydrogen-bond acceptors (Lipinski definition) is 3. The van der Waals surface area contributed by atoms with Crippen molar-refractivity contribution in [3.05, 3.63) is 12.7 Å². The first-order valence-corrected chi connectivity index (χ1v) is 4.89. The Morgan fingerprint density at radius 1 is 1.05 bits per heavy atom. The molecule has 13 heteroatoms. The van der Waals surface area contributed by atoms with Gasteiger partial charge in [-0.2, -0.15) is 39.5 Å². The highest BCUT2D eigenvalue weighted by Crippen LogP contribution is 2.48. The van der Waals surface area contributed by atoms with E-state index in [4.69, 9.17) is 0 Å². The highest BCUT2D eigenvalue weighted by molar-refractivity contribution is 5.81. The molecule has 0 aliphatic rings. The largest absolute Gasteiger partial charge is 0.456 e. The van der Waals surface area contributed by atoms with Crippen LogP contribution in [0.25, 0.3) is 0 Å². The zero-order valence-electron chi connectivity index (χ0n) is 10.1. The Balaban J connectivity index is 5.22. The van der Waals surface area contributed by atoms with Crippen LogP contribution >= 0.6 is 0 Å². The van der Waals surface area contributed by atoms with Gasteiger partial charge in [-0.25, -0.2) is 9.18 Å². The van der Waals surface area contributed by atoms with Crippen LogP contribution < -0.4 is 0 Å². The molecule has 0 bridgehead atoms. The van der Waals surface area contributed by atoms with E-state index in [9.17, 15) is 48.7 Å². The van der Waals surface area contributed by atoms with Crippen molar-refractivity contribution in [2.24, 2.45) is 0 Å². The van der Waals surface area contributed by atoms with Crippen LogP contribution in [-0.2, 0) is 14.3 Å². The molecule has 130 valence electrons. The van der Waals surface area contributed by atoms with E-state index in [0.29, 0.717) is 0 Å². The topological polar surface area (TPSA) is 35.5 Å². The lowest BCUT2D eigenvalue weighted by Gasteiger charge is -2.32. The number of hydrogen-bond donors (Lipinski definition) is 0. The molecule has 22 heavy (non-hydrogen) atoms. The molecule has 0 aliphatic carbocycles. The Hall–Kier alpha value is -1.53. The fraction of sp³-hybridized carbons (Fsp3) is 0.667. The Kier molecular flexibility index (Phi) is 5.86. The second kappa shape index (κ2) is 6.30. The molecule has 0 saturated carbocycles. The summed E-state index contributed by atoms with van der Waals surface area (Å²) in [6.45, 7) is 0.0521. The minimum absolute atomic E-state index is 0.226. The lowest BCUT2D eigenvalue weighted by atomic mass is 10.1. The fourth-order valence-corrected chi connectivity index (χ4v) is 0.795. The van der Waals surface area contributed by atoms with Crippen molar-refractivity contribution in [1.82, 2.24) is 0 Å². The van der Waals surface area contributed by atoms with Gasteiger partial charge in [-0.15, -0.1) is 0 Å². The molecule has 0 rings (SSSR count). The standard InChI is InChI=1S/C9H6F10O3/c1-2-4(20)21-3-6(11,12)8(16,17)9(18,19)22-5(10)7(13,14)15/h2,5H,1,3H2. The van der Waals surface area contributed by atoms with Gasteiger partial charge in [0.1, 0.15) is 0 Å². The first-order chi connectivity index (χ1) is 9.58. The van der Waals surface area contributed by atoms with E-state index in [1.54, 1.807) is 0 Å². The zero-order chi connectivity index (χ0) is 18.0. The van der Waals surface area contributed by atoms with Gasteiger partial charge in [-0.1, -0.05) is 6.58 Å². The predicted octanol–water partition coefficient (Wildman–Crippen LogP) is 3.45. The number of ether oxygens (including phenoxy) is 2. The molecule has 0 fully saturated rings. The maximum absolute atomic E-state index is 12.9. The third-order valence-electron chi connectivity index (χ3n) is 1.90. The van der Waals surface area contributed by atoms with Gasteiger partial charge in [0.05, 0.1) is 0 Å². The van der Waals surface area contributed by atoms with Crippen LogP contribution in [-0.4, -0.2) is 43.1 Å². The predicted molar refractivity (Wildman–Crippen MR) is 48.0 cm³/mol. The maximum atomic E-state index is 12.9. The summed E-state index contributed by atoms with van der Waals surface area (Å²) < 4.78 is 130. The van der Waals surface area contributed by atoms with Crippen LogP contribution in [0.5, 0.6) is 0 Å². The minimum Gasteiger partial charge on any atom is -0.456 e. The molecule has 1 atom stereocenters. The van der Waals surface area contributed by atoms with Crippen LogP contribution in [0.4, 0.5) is 43.9 Å². The average Bonchev–Trinajstić information content (AvgIpc) is 2.33. The van der Waals surface area contributed by atoms with Gasteiger partial charge < -0.3 is 4.74 Å². The first-order valence-electron chi connectivity index (χ1n) is 4.89. The second-order valence-corrected chi connectivity index (χ2v) is 3.58. The highest BCUT2D eigenvalue weighted by Gasteiger charge is 2.75. The van der Waals surface area contributed by atoms with E-state index < -0.39 is 43.1 Å². The summed E-state index contributed by atoms with van der Waals surface area (Å²) in [4.78, 5) is 10.4. The normalized spacial score (nSPS) is 15.4. The molecule has 0 heterocycles. The molecular weight excluding hydrogens is 346 g/mol. The number of alkyl halides is 10. The van der Waals surface area contributed by atoms with E-state index in [1.165, 1.54) is 0 Å². The van der Waals surface area contributed by atoms with Gasteiger partial charge in [0.25, 0.3) is 6.36 Å². The van der Waals surface area contributed by atoms with Gasteiger partial charge in [0.2, 0.25) is 0 Å². The van der Waals surface area contributed by atoms with Crippen LogP contribution in [0.3, 0.4) is 0 Å². The summed E-state index contributed by atoms with van der Waals surface area (Å²) in [7, 11) is 0. The molecule has 0 amide bonds. The quantitative estimate of drug-likeness (QED) is 0.400. The summed E-state index contributed by atoms with van der Waals surface area (Å²) in [6, 6.07) is 0. The molecule has 0 radical (unpaired) electrons. The summed E-state index contributed by atoms with van der Waals surface area (Å²) in [5.74, 6) is -14.2. The number of carbonyl (C=O) groups is 1. The highest BCUT2D eigenvalue weighted by atomic mass is 19.4. The molecule has 1 unspecified atom stereocenters. The van der Waals surface area contributed by atoms with Crippen molar-refractivity contribution in [3.63, 3.8) is 0 Å². The lowest BCUT2D eigenvalue weighted by Crippen LogP contribution is -2.59. The Morgan fingerprint density at radius 2 is 1.50 bits per heavy atom. The molecule has 0 N–H and O–H groups in total. The monoisotopic (exact) mass is 352 g/mol. The Labute approximate surface area is 115 Å². The van der Waals surface area contributed by atoms with Gasteiger partial charge in [-0.3, -0.25) is 4.74 Å². The summed E-state index contributed by atoms with van der Waals surface area (Å²) >= 11 is 0. The van der Waals surface area contributed by atoms with Crippen LogP contribution in [0.15, 0.2) is 12.7 Å². The van der Waals surface area contributed by atoms with Crippen molar-refractivity contribution in [2.45, 2.75) is 30.5 Å². The molecule has 0 aromatic heterocycles. The maximum Gasteiger partial charge on any atom is 0.445 e. The molecule has 3 nitrogen and oxygen atoms in total. The van der Waals surface area contributed by atoms with E-state index in [1.807, 2.05) is 0 Å². The first kappa shape index (κ1) is 20.5. The van der Waals surface area contributed by atoms with Gasteiger partial charge in [0, 0.05) is 6.08 Å².